The van der Waals surface area contributed by atoms with E-state index in [0.717, 1.165) is 11.8 Å². The first-order chi connectivity index (χ1) is 15.0. The predicted molar refractivity (Wildman–Crippen MR) is 111 cm³/mol. The van der Waals surface area contributed by atoms with Crippen LogP contribution in [-0.4, -0.2) is 45.5 Å². The van der Waals surface area contributed by atoms with Crippen LogP contribution in [0.25, 0.3) is 16.9 Å². The van der Waals surface area contributed by atoms with E-state index >= 15 is 0 Å². The van der Waals surface area contributed by atoms with Crippen LogP contribution in [0.15, 0.2) is 61.2 Å². The Labute approximate surface area is 176 Å². The summed E-state index contributed by atoms with van der Waals surface area (Å²) in [6.45, 7) is 0. The molecule has 4 rings (SSSR count). The number of carbonyl (C=O) groups is 2. The molecule has 156 valence electrons. The lowest BCUT2D eigenvalue weighted by molar-refractivity contribution is 0.0991. The smallest absolute Gasteiger partial charge is 0.412 e. The Hall–Kier alpha value is -4.34. The number of fused-ring (bicyclic) bond motifs is 1. The molecule has 0 saturated carbocycles. The lowest BCUT2D eigenvalue weighted by Gasteiger charge is -2.16. The van der Waals surface area contributed by atoms with Gasteiger partial charge in [-0.15, -0.1) is 0 Å². The molecule has 2 amide bonds. The lowest BCUT2D eigenvalue weighted by atomic mass is 10.2. The van der Waals surface area contributed by atoms with Crippen LogP contribution in [-0.2, 0) is 4.74 Å². The molecule has 1 N–H and O–H groups in total. The second-order valence-corrected chi connectivity index (χ2v) is 6.54. The second-order valence-electron chi connectivity index (χ2n) is 6.54. The molecule has 10 heteroatoms. The van der Waals surface area contributed by atoms with Crippen LogP contribution in [0.5, 0.6) is 0 Å². The molecular weight excluding hydrogens is 403 g/mol. The number of aromatic nitrogens is 4. The first-order valence-corrected chi connectivity index (χ1v) is 9.14. The molecule has 0 spiro atoms. The van der Waals surface area contributed by atoms with Gasteiger partial charge in [0.2, 0.25) is 0 Å². The van der Waals surface area contributed by atoms with Gasteiger partial charge in [0.25, 0.3) is 5.91 Å². The number of ether oxygens (including phenoxy) is 1. The van der Waals surface area contributed by atoms with Gasteiger partial charge in [0, 0.05) is 25.0 Å². The Morgan fingerprint density at radius 2 is 1.87 bits per heavy atom. The number of hydrogen-bond acceptors (Lipinski definition) is 6. The van der Waals surface area contributed by atoms with Crippen LogP contribution in [0.3, 0.4) is 0 Å². The molecule has 0 radical (unpaired) electrons. The SMILES string of the molecule is COC(=O)Nc1ccc(-c2cnc3ccc(C(=O)N(C)c4ccc(F)cn4)cn23)cn1. The van der Waals surface area contributed by atoms with Crippen LogP contribution in [0.4, 0.5) is 20.8 Å². The first kappa shape index (κ1) is 20.0. The zero-order valence-corrected chi connectivity index (χ0v) is 16.6. The fourth-order valence-electron chi connectivity index (χ4n) is 2.96. The van der Waals surface area contributed by atoms with E-state index in [0.29, 0.717) is 28.5 Å². The summed E-state index contributed by atoms with van der Waals surface area (Å²) in [6.07, 6.45) is 5.36. The molecule has 0 unspecified atom stereocenters. The van der Waals surface area contributed by atoms with E-state index in [1.54, 1.807) is 54.3 Å². The highest BCUT2D eigenvalue weighted by Crippen LogP contribution is 2.23. The Balaban J connectivity index is 1.64. The van der Waals surface area contributed by atoms with E-state index in [-0.39, 0.29) is 5.91 Å². The van der Waals surface area contributed by atoms with Crippen LogP contribution in [0.2, 0.25) is 0 Å². The topological polar surface area (TPSA) is 102 Å². The van der Waals surface area contributed by atoms with Gasteiger partial charge in [-0.2, -0.15) is 0 Å². The van der Waals surface area contributed by atoms with Gasteiger partial charge < -0.3 is 4.74 Å². The number of hydrogen-bond donors (Lipinski definition) is 1. The molecule has 0 bridgehead atoms. The molecule has 4 aromatic heterocycles. The summed E-state index contributed by atoms with van der Waals surface area (Å²) in [5.41, 5.74) is 2.49. The molecule has 4 aromatic rings. The summed E-state index contributed by atoms with van der Waals surface area (Å²) in [4.78, 5) is 38.0. The van der Waals surface area contributed by atoms with Crippen LogP contribution in [0.1, 0.15) is 10.4 Å². The number of methoxy groups -OCH3 is 1. The third-order valence-electron chi connectivity index (χ3n) is 4.59. The van der Waals surface area contributed by atoms with Gasteiger partial charge in [-0.3, -0.25) is 19.4 Å². The third-order valence-corrected chi connectivity index (χ3v) is 4.59. The van der Waals surface area contributed by atoms with Crippen molar-refractivity contribution in [3.63, 3.8) is 0 Å². The van der Waals surface area contributed by atoms with E-state index in [2.05, 4.69) is 25.0 Å². The molecule has 0 fully saturated rings. The largest absolute Gasteiger partial charge is 0.453 e. The summed E-state index contributed by atoms with van der Waals surface area (Å²) in [5, 5.41) is 2.48. The van der Waals surface area contributed by atoms with Gasteiger partial charge in [0.15, 0.2) is 0 Å². The minimum atomic E-state index is -0.613. The predicted octanol–water partition coefficient (Wildman–Crippen LogP) is 3.39. The molecule has 31 heavy (non-hydrogen) atoms. The summed E-state index contributed by atoms with van der Waals surface area (Å²) in [6, 6.07) is 9.47. The maximum absolute atomic E-state index is 13.1. The van der Waals surface area contributed by atoms with E-state index in [9.17, 15) is 14.0 Å². The van der Waals surface area contributed by atoms with Crippen molar-refractivity contribution in [2.75, 3.05) is 24.4 Å². The molecule has 0 atom stereocenters. The number of rotatable bonds is 4. The molecule has 0 aliphatic rings. The van der Waals surface area contributed by atoms with Crippen LogP contribution < -0.4 is 10.2 Å². The average molecular weight is 420 g/mol. The summed E-state index contributed by atoms with van der Waals surface area (Å²) in [7, 11) is 2.84. The van der Waals surface area contributed by atoms with Gasteiger partial charge >= 0.3 is 6.09 Å². The Bertz CT molecular complexity index is 1250. The molecule has 0 aromatic carbocycles. The normalized spacial score (nSPS) is 10.7. The number of carbonyl (C=O) groups excluding carboxylic acids is 2. The average Bonchev–Trinajstić information content (AvgIpc) is 3.22. The fraction of sp³-hybridized carbons (Fsp3) is 0.0952. The fourth-order valence-corrected chi connectivity index (χ4v) is 2.96. The van der Waals surface area contributed by atoms with Crippen molar-refractivity contribution in [3.05, 3.63) is 72.6 Å². The maximum atomic E-state index is 13.1. The number of amides is 2. The quantitative estimate of drug-likeness (QED) is 0.543. The zero-order chi connectivity index (χ0) is 22.0. The van der Waals surface area contributed by atoms with Gasteiger partial charge in [0.1, 0.15) is 23.1 Å². The van der Waals surface area contributed by atoms with E-state index in [4.69, 9.17) is 0 Å². The van der Waals surface area contributed by atoms with Crippen molar-refractivity contribution < 1.29 is 18.7 Å². The van der Waals surface area contributed by atoms with Crippen molar-refractivity contribution in [2.45, 2.75) is 0 Å². The number of imidazole rings is 1. The van der Waals surface area contributed by atoms with Crippen LogP contribution in [0, 0.1) is 5.82 Å². The van der Waals surface area contributed by atoms with Crippen molar-refractivity contribution in [3.8, 4) is 11.3 Å². The van der Waals surface area contributed by atoms with Crippen LogP contribution >= 0.6 is 0 Å². The number of anilines is 2. The van der Waals surface area contributed by atoms with E-state index < -0.39 is 11.9 Å². The van der Waals surface area contributed by atoms with E-state index in [1.165, 1.54) is 24.1 Å². The van der Waals surface area contributed by atoms with E-state index in [1.807, 2.05) is 0 Å². The summed E-state index contributed by atoms with van der Waals surface area (Å²) >= 11 is 0. The van der Waals surface area contributed by atoms with Crippen molar-refractivity contribution in [2.24, 2.45) is 0 Å². The maximum Gasteiger partial charge on any atom is 0.412 e. The minimum absolute atomic E-state index is 0.309. The molecule has 4 heterocycles. The monoisotopic (exact) mass is 420 g/mol. The Kier molecular flexibility index (Phi) is 5.27. The van der Waals surface area contributed by atoms with Crippen molar-refractivity contribution >= 4 is 29.3 Å². The molecule has 0 aliphatic heterocycles. The van der Waals surface area contributed by atoms with Crippen molar-refractivity contribution in [1.82, 2.24) is 19.4 Å². The number of halogens is 1. The Morgan fingerprint density at radius 3 is 2.55 bits per heavy atom. The molecule has 0 saturated heterocycles. The molecular formula is C21H17FN6O3. The van der Waals surface area contributed by atoms with Gasteiger partial charge in [0.05, 0.1) is 30.8 Å². The van der Waals surface area contributed by atoms with Gasteiger partial charge in [-0.1, -0.05) is 0 Å². The summed E-state index contributed by atoms with van der Waals surface area (Å²) in [5.74, 6) is -0.115. The number of nitrogens with zero attached hydrogens (tertiary/aromatic N) is 5. The second kappa shape index (κ2) is 8.19. The third kappa shape index (κ3) is 4.04. The molecule has 9 nitrogen and oxygen atoms in total. The molecule has 0 aliphatic carbocycles. The van der Waals surface area contributed by atoms with Crippen molar-refractivity contribution in [1.29, 1.82) is 0 Å². The Morgan fingerprint density at radius 1 is 1.03 bits per heavy atom. The van der Waals surface area contributed by atoms with Gasteiger partial charge in [-0.05, 0) is 36.4 Å². The zero-order valence-electron chi connectivity index (χ0n) is 16.6. The highest BCUT2D eigenvalue weighted by molar-refractivity contribution is 6.05. The lowest BCUT2D eigenvalue weighted by Crippen LogP contribution is -2.27. The first-order valence-electron chi connectivity index (χ1n) is 9.14. The highest BCUT2D eigenvalue weighted by Gasteiger charge is 2.17. The number of pyridine rings is 3. The standard InChI is InChI=1S/C21H17FN6O3/c1-27(18-8-5-15(22)10-24-18)20(29)14-4-7-19-25-11-16(28(19)12-14)13-3-6-17(23-9-13)26-21(30)31-2/h3-12H,1-2H3,(H,23,26,30). The van der Waals surface area contributed by atoms with Gasteiger partial charge in [-0.25, -0.2) is 24.1 Å². The minimum Gasteiger partial charge on any atom is -0.453 e. The summed E-state index contributed by atoms with van der Waals surface area (Å²) < 4.78 is 19.4. The highest BCUT2D eigenvalue weighted by atomic mass is 19.1. The number of nitrogens with one attached hydrogen (secondary N) is 1.